The van der Waals surface area contributed by atoms with E-state index in [-0.39, 0.29) is 12.8 Å². The molecule has 4 aromatic heterocycles. The molecule has 0 radical (unpaired) electrons. The number of carbonyl (C=O) groups excluding carboxylic acids is 1. The molecule has 0 unspecified atom stereocenters. The average molecular weight is 1150 g/mol. The van der Waals surface area contributed by atoms with Gasteiger partial charge < -0.3 is 24.3 Å². The minimum Gasteiger partial charge on any atom is -0.444 e. The number of nitrogens with zero attached hydrogens (tertiary/aromatic N) is 8. The van der Waals surface area contributed by atoms with E-state index >= 15 is 0 Å². The minimum atomic E-state index is -0.552. The highest BCUT2D eigenvalue weighted by molar-refractivity contribution is 6.97. The van der Waals surface area contributed by atoms with Crippen molar-refractivity contribution in [2.75, 3.05) is 40.9 Å². The lowest BCUT2D eigenvalue weighted by Gasteiger charge is -2.37. The van der Waals surface area contributed by atoms with Crippen molar-refractivity contribution in [2.24, 2.45) is 0 Å². The first-order valence-corrected chi connectivity index (χ1v) is 30.3. The summed E-state index contributed by atoms with van der Waals surface area (Å²) < 4.78 is 5.79. The van der Waals surface area contributed by atoms with Crippen molar-refractivity contribution < 1.29 is 9.53 Å². The predicted octanol–water partition coefficient (Wildman–Crippen LogP) is 16.3. The molecule has 0 spiro atoms. The van der Waals surface area contributed by atoms with Gasteiger partial charge in [0.15, 0.2) is 0 Å². The lowest BCUT2D eigenvalue weighted by molar-refractivity contribution is 0.0240. The summed E-state index contributed by atoms with van der Waals surface area (Å²) in [5, 5.41) is 0. The quantitative estimate of drug-likeness (QED) is 0.0988. The van der Waals surface area contributed by atoms with Crippen LogP contribution in [0.15, 0.2) is 232 Å². The third-order valence-electron chi connectivity index (χ3n) is 17.0. The van der Waals surface area contributed by atoms with Crippen molar-refractivity contribution in [3.8, 4) is 44.5 Å². The number of hydrogen-bond acceptors (Lipinski definition) is 9. The van der Waals surface area contributed by atoms with Gasteiger partial charge >= 0.3 is 6.09 Å². The third-order valence-corrected chi connectivity index (χ3v) is 17.0. The van der Waals surface area contributed by atoms with E-state index in [4.69, 9.17) is 4.74 Å². The first-order chi connectivity index (χ1) is 42.6. The molecule has 1 aliphatic rings. The molecule has 88 heavy (non-hydrogen) atoms. The molecule has 0 N–H and O–H groups in total. The number of amides is 1. The number of piperazine rings is 1. The van der Waals surface area contributed by atoms with E-state index in [9.17, 15) is 4.79 Å². The molecule has 0 aliphatic carbocycles. The average Bonchev–Trinajstić information content (AvgIpc) is 1.34. The summed E-state index contributed by atoms with van der Waals surface area (Å²) in [5.41, 5.74) is 27.0. The van der Waals surface area contributed by atoms with Crippen molar-refractivity contribution in [1.29, 1.82) is 0 Å². The van der Waals surface area contributed by atoms with Crippen LogP contribution in [-0.2, 0) is 4.74 Å². The molecule has 7 aromatic carbocycles. The van der Waals surface area contributed by atoms with E-state index in [1.54, 1.807) is 0 Å². The molecule has 11 aromatic rings. The van der Waals surface area contributed by atoms with Crippen LogP contribution in [0.4, 0.5) is 44.6 Å². The number of aromatic nitrogens is 4. The highest BCUT2D eigenvalue weighted by Gasteiger charge is 2.34. The molecule has 0 atom stereocenters. The molecule has 11 heteroatoms. The van der Waals surface area contributed by atoms with Crippen molar-refractivity contribution in [3.05, 3.63) is 265 Å². The number of ether oxygens (including phenoxy) is 1. The maximum absolute atomic E-state index is 13.2. The number of carbonyl (C=O) groups is 1. The van der Waals surface area contributed by atoms with Gasteiger partial charge in [0, 0.05) is 116 Å². The van der Waals surface area contributed by atoms with Crippen LogP contribution in [0.25, 0.3) is 44.5 Å². The number of rotatable bonds is 14. The zero-order valence-electron chi connectivity index (χ0n) is 51.7. The Morgan fingerprint density at radius 1 is 0.364 bits per heavy atom. The van der Waals surface area contributed by atoms with Gasteiger partial charge in [-0.2, -0.15) is 0 Å². The lowest BCUT2D eigenvalue weighted by atomic mass is 9.33. The molecule has 1 aliphatic heterocycles. The van der Waals surface area contributed by atoms with Crippen LogP contribution < -0.4 is 31.1 Å². The molecule has 12 rings (SSSR count). The Morgan fingerprint density at radius 2 is 0.614 bits per heavy atom. The van der Waals surface area contributed by atoms with Crippen LogP contribution in [0.2, 0.25) is 0 Å². The second kappa shape index (κ2) is 25.1. The molecule has 0 bridgehead atoms. The molecule has 5 heterocycles. The second-order valence-electron chi connectivity index (χ2n) is 24.2. The summed E-state index contributed by atoms with van der Waals surface area (Å²) in [5.74, 6) is 0. The summed E-state index contributed by atoms with van der Waals surface area (Å²) in [6, 6.07) is 66.1. The lowest BCUT2D eigenvalue weighted by Crippen LogP contribution is -2.57. The number of anilines is 7. The van der Waals surface area contributed by atoms with Crippen molar-refractivity contribution in [2.45, 2.75) is 67.9 Å². The van der Waals surface area contributed by atoms with E-state index in [1.165, 1.54) is 49.8 Å². The number of pyridine rings is 4. The zero-order valence-corrected chi connectivity index (χ0v) is 51.7. The fraction of sp³-hybridized carbons (Fsp3) is 0.182. The Morgan fingerprint density at radius 3 is 0.875 bits per heavy atom. The van der Waals surface area contributed by atoms with Gasteiger partial charge in [-0.3, -0.25) is 19.9 Å². The van der Waals surface area contributed by atoms with Gasteiger partial charge in [-0.15, -0.1) is 0 Å². The fourth-order valence-electron chi connectivity index (χ4n) is 12.9. The first-order valence-electron chi connectivity index (χ1n) is 30.3. The van der Waals surface area contributed by atoms with E-state index in [2.05, 4.69) is 258 Å². The second-order valence-corrected chi connectivity index (χ2v) is 24.2. The van der Waals surface area contributed by atoms with Crippen LogP contribution in [0.3, 0.4) is 0 Å². The van der Waals surface area contributed by atoms with E-state index in [0.717, 1.165) is 84.3 Å². The van der Waals surface area contributed by atoms with Crippen molar-refractivity contribution in [1.82, 2.24) is 24.8 Å². The molecule has 1 saturated heterocycles. The van der Waals surface area contributed by atoms with Gasteiger partial charge in [-0.1, -0.05) is 98.3 Å². The molecule has 1 fully saturated rings. The smallest absolute Gasteiger partial charge is 0.410 e. The van der Waals surface area contributed by atoms with Crippen LogP contribution in [0.1, 0.15) is 54.2 Å². The maximum Gasteiger partial charge on any atom is 0.410 e. The third kappa shape index (κ3) is 12.4. The van der Waals surface area contributed by atoms with Gasteiger partial charge in [0.25, 0.3) is 0 Å². The van der Waals surface area contributed by atoms with Crippen LogP contribution in [0.5, 0.6) is 0 Å². The van der Waals surface area contributed by atoms with Gasteiger partial charge in [-0.05, 0) is 240 Å². The maximum atomic E-state index is 13.2. The van der Waals surface area contributed by atoms with Gasteiger partial charge in [0.2, 0.25) is 6.71 Å². The zero-order chi connectivity index (χ0) is 61.1. The predicted molar refractivity (Wildman–Crippen MR) is 365 cm³/mol. The molecular weight excluding hydrogens is 1080 g/mol. The van der Waals surface area contributed by atoms with E-state index in [0.29, 0.717) is 26.2 Å². The Kier molecular flexibility index (Phi) is 16.6. The summed E-state index contributed by atoms with van der Waals surface area (Å²) in [6.45, 7) is 22.0. The van der Waals surface area contributed by atoms with Gasteiger partial charge in [0.05, 0.1) is 0 Å². The Hall–Kier alpha value is -10.1. The summed E-state index contributed by atoms with van der Waals surface area (Å²) in [6.07, 6.45) is 14.5. The van der Waals surface area contributed by atoms with Gasteiger partial charge in [0.1, 0.15) is 5.60 Å². The number of benzene rings is 7. The van der Waals surface area contributed by atoms with Crippen LogP contribution in [0, 0.1) is 41.5 Å². The fourth-order valence-corrected chi connectivity index (χ4v) is 12.9. The SMILES string of the molecule is Cc1cc(N2CCN(C(=O)OC(C)(C)C)CC2)cc(C)c1B(c1c(C)cc(N(c2ccc(-c3ccncc3)cc2)c2ccc(-c3ccncc3)cc2)cc1C)c1c(C)cc(N(c2ccc(-c3ccncc3)cc2)c2ccc(-c3ccncc3)cc2)cc1C. The molecule has 10 nitrogen and oxygen atoms in total. The van der Waals surface area contributed by atoms with Crippen molar-refractivity contribution >= 4 is 69.0 Å². The molecule has 436 valence electrons. The Labute approximate surface area is 518 Å². The Balaban J connectivity index is 0.985. The van der Waals surface area contributed by atoms with Crippen LogP contribution >= 0.6 is 0 Å². The van der Waals surface area contributed by atoms with Gasteiger partial charge in [-0.25, -0.2) is 4.79 Å². The van der Waals surface area contributed by atoms with Crippen molar-refractivity contribution in [3.63, 3.8) is 0 Å². The normalized spacial score (nSPS) is 12.4. The standard InChI is InChI=1S/C77H73BN8O2/c1-52-46-70(83-42-44-84(45-43-83)76(87)88-77(7,8)9)47-53(2)73(52)78(74-54(3)48-71(49-55(74)4)85(66-18-10-58(11-19-66)62-26-34-79-35-27-62)67-20-12-59(13-21-67)63-28-36-80-37-29-63)75-56(5)50-72(51-57(75)6)86(68-22-14-60(15-23-68)64-30-38-81-39-31-64)69-24-16-61(17-25-69)65-32-40-82-41-33-65/h10-41,46-51H,42-45H2,1-9H3. The largest absolute Gasteiger partial charge is 0.444 e. The summed E-state index contributed by atoms with van der Waals surface area (Å²) in [4.78, 5) is 39.3. The highest BCUT2D eigenvalue weighted by atomic mass is 16.6. The van der Waals surface area contributed by atoms with E-state index in [1.807, 2.05) is 75.2 Å². The molecular formula is C77H73BN8O2. The monoisotopic (exact) mass is 1150 g/mol. The molecule has 0 saturated carbocycles. The molecule has 1 amide bonds. The summed E-state index contributed by atoms with van der Waals surface area (Å²) >= 11 is 0. The minimum absolute atomic E-state index is 0.137. The first kappa shape index (κ1) is 58.3. The Bertz CT molecular complexity index is 3770. The van der Waals surface area contributed by atoms with Crippen LogP contribution in [-0.4, -0.2) is 69.4 Å². The number of hydrogen-bond donors (Lipinski definition) is 0. The van der Waals surface area contributed by atoms with E-state index < -0.39 is 5.60 Å². The highest BCUT2D eigenvalue weighted by Crippen LogP contribution is 2.40. The topological polar surface area (TPSA) is 90.8 Å². The number of aryl methyl sites for hydroxylation is 6. The summed E-state index contributed by atoms with van der Waals surface area (Å²) in [7, 11) is 0.